The van der Waals surface area contributed by atoms with E-state index in [0.717, 1.165) is 12.1 Å². The summed E-state index contributed by atoms with van der Waals surface area (Å²) in [6.45, 7) is 13.3. The second-order valence-electron chi connectivity index (χ2n) is 5.89. The fraction of sp³-hybridized carbons (Fsp3) is 1.00. The lowest BCUT2D eigenvalue weighted by Crippen LogP contribution is -2.66. The van der Waals surface area contributed by atoms with Crippen molar-refractivity contribution in [3.05, 3.63) is 0 Å². The van der Waals surface area contributed by atoms with Gasteiger partial charge < -0.3 is 4.90 Å². The summed E-state index contributed by atoms with van der Waals surface area (Å²) in [5.74, 6) is 0. The Hall–Kier alpha value is -0.0800. The van der Waals surface area contributed by atoms with Crippen LogP contribution in [0.1, 0.15) is 47.0 Å². The van der Waals surface area contributed by atoms with Crippen molar-refractivity contribution in [1.82, 2.24) is 9.80 Å². The maximum absolute atomic E-state index is 2.73. The smallest absolute Gasteiger partial charge is 0.0248 e. The fourth-order valence-corrected chi connectivity index (χ4v) is 3.36. The maximum Gasteiger partial charge on any atom is 0.0248 e. The highest BCUT2D eigenvalue weighted by atomic mass is 15.3. The number of piperidine rings is 1. The molecule has 0 bridgehead atoms. The van der Waals surface area contributed by atoms with Gasteiger partial charge in [-0.15, -0.1) is 0 Å². The minimum Gasteiger partial charge on any atom is -0.301 e. The van der Waals surface area contributed by atoms with Crippen LogP contribution in [0.3, 0.4) is 0 Å². The zero-order valence-corrected chi connectivity index (χ0v) is 10.8. The minimum atomic E-state index is 0.597. The summed E-state index contributed by atoms with van der Waals surface area (Å²) in [6.07, 6.45) is 4.23. The predicted molar refractivity (Wildman–Crippen MR) is 65.1 cm³/mol. The molecule has 0 unspecified atom stereocenters. The fourth-order valence-electron chi connectivity index (χ4n) is 3.36. The van der Waals surface area contributed by atoms with Crippen LogP contribution in [0.25, 0.3) is 0 Å². The van der Waals surface area contributed by atoms with E-state index in [0.29, 0.717) is 5.54 Å². The van der Waals surface area contributed by atoms with Gasteiger partial charge in [-0.05, 0) is 47.0 Å². The third-order valence-corrected chi connectivity index (χ3v) is 4.51. The molecule has 0 atom stereocenters. The molecule has 0 amide bonds. The Kier molecular flexibility index (Phi) is 3.09. The average molecular weight is 210 g/mol. The molecule has 2 heteroatoms. The Morgan fingerprint density at radius 3 is 1.67 bits per heavy atom. The summed E-state index contributed by atoms with van der Waals surface area (Å²) < 4.78 is 0. The summed E-state index contributed by atoms with van der Waals surface area (Å²) in [4.78, 5) is 5.35. The van der Waals surface area contributed by atoms with Crippen molar-refractivity contribution >= 4 is 0 Å². The Bertz CT molecular complexity index is 215. The summed E-state index contributed by atoms with van der Waals surface area (Å²) in [5.41, 5.74) is 0.597. The van der Waals surface area contributed by atoms with Gasteiger partial charge in [0, 0.05) is 37.3 Å². The van der Waals surface area contributed by atoms with Gasteiger partial charge in [-0.25, -0.2) is 0 Å². The Labute approximate surface area is 94.6 Å². The predicted octanol–water partition coefficient (Wildman–Crippen LogP) is 2.34. The minimum absolute atomic E-state index is 0.597. The first kappa shape index (κ1) is 11.4. The standard InChI is InChI=1S/C13H26N2/c1-11(2)14-8-5-13(6-9-14)7-10-15(13)12(3)4/h11-12H,5-10H2,1-4H3. The zero-order valence-electron chi connectivity index (χ0n) is 10.8. The number of rotatable bonds is 2. The topological polar surface area (TPSA) is 6.48 Å². The van der Waals surface area contributed by atoms with Crippen LogP contribution in [0, 0.1) is 0 Å². The first-order valence-electron chi connectivity index (χ1n) is 6.56. The highest BCUT2D eigenvalue weighted by molar-refractivity contribution is 5.04. The SMILES string of the molecule is CC(C)N1CCC2(CC1)CCN2C(C)C. The monoisotopic (exact) mass is 210 g/mol. The van der Waals surface area contributed by atoms with Gasteiger partial charge >= 0.3 is 0 Å². The molecule has 0 aromatic carbocycles. The van der Waals surface area contributed by atoms with Gasteiger partial charge in [0.1, 0.15) is 0 Å². The summed E-state index contributed by atoms with van der Waals surface area (Å²) in [5, 5.41) is 0. The van der Waals surface area contributed by atoms with Gasteiger partial charge in [0.2, 0.25) is 0 Å². The molecule has 1 spiro atoms. The molecule has 0 saturated carbocycles. The quantitative estimate of drug-likeness (QED) is 0.690. The Balaban J connectivity index is 1.92. The van der Waals surface area contributed by atoms with E-state index in [2.05, 4.69) is 37.5 Å². The van der Waals surface area contributed by atoms with E-state index in [1.165, 1.54) is 38.9 Å². The van der Waals surface area contributed by atoms with Crippen molar-refractivity contribution < 1.29 is 0 Å². The van der Waals surface area contributed by atoms with E-state index >= 15 is 0 Å². The van der Waals surface area contributed by atoms with Gasteiger partial charge in [0.05, 0.1) is 0 Å². The lowest BCUT2D eigenvalue weighted by atomic mass is 9.75. The van der Waals surface area contributed by atoms with E-state index in [9.17, 15) is 0 Å². The molecule has 0 N–H and O–H groups in total. The zero-order chi connectivity index (χ0) is 11.1. The van der Waals surface area contributed by atoms with Crippen molar-refractivity contribution in [3.63, 3.8) is 0 Å². The summed E-state index contributed by atoms with van der Waals surface area (Å²) in [6, 6.07) is 1.47. The average Bonchev–Trinajstić information content (AvgIpc) is 2.15. The van der Waals surface area contributed by atoms with Crippen LogP contribution >= 0.6 is 0 Å². The van der Waals surface area contributed by atoms with Gasteiger partial charge in [-0.1, -0.05) is 0 Å². The third kappa shape index (κ3) is 1.94. The van der Waals surface area contributed by atoms with E-state index in [1.54, 1.807) is 0 Å². The molecule has 2 heterocycles. The van der Waals surface area contributed by atoms with E-state index in [4.69, 9.17) is 0 Å². The first-order valence-corrected chi connectivity index (χ1v) is 6.56. The molecule has 2 rings (SSSR count). The van der Waals surface area contributed by atoms with Crippen molar-refractivity contribution in [1.29, 1.82) is 0 Å². The largest absolute Gasteiger partial charge is 0.301 e. The van der Waals surface area contributed by atoms with Gasteiger partial charge in [0.15, 0.2) is 0 Å². The van der Waals surface area contributed by atoms with Gasteiger partial charge in [0.25, 0.3) is 0 Å². The first-order chi connectivity index (χ1) is 7.05. The second kappa shape index (κ2) is 4.06. The van der Waals surface area contributed by atoms with Crippen molar-refractivity contribution in [3.8, 4) is 0 Å². The van der Waals surface area contributed by atoms with Gasteiger partial charge in [-0.3, -0.25) is 4.90 Å². The van der Waals surface area contributed by atoms with E-state index in [-0.39, 0.29) is 0 Å². The maximum atomic E-state index is 2.73. The molecule has 2 aliphatic heterocycles. The molecular weight excluding hydrogens is 184 g/mol. The van der Waals surface area contributed by atoms with Crippen molar-refractivity contribution in [2.45, 2.75) is 64.6 Å². The third-order valence-electron chi connectivity index (χ3n) is 4.51. The van der Waals surface area contributed by atoms with Crippen LogP contribution in [0.5, 0.6) is 0 Å². The van der Waals surface area contributed by atoms with Crippen LogP contribution in [0.15, 0.2) is 0 Å². The number of hydrogen-bond acceptors (Lipinski definition) is 2. The Morgan fingerprint density at radius 1 is 0.800 bits per heavy atom. The normalized spacial score (nSPS) is 27.6. The second-order valence-corrected chi connectivity index (χ2v) is 5.89. The molecule has 0 aromatic heterocycles. The molecule has 88 valence electrons. The molecular formula is C13H26N2. The molecule has 0 aliphatic carbocycles. The van der Waals surface area contributed by atoms with Crippen LogP contribution in [-0.2, 0) is 0 Å². The van der Waals surface area contributed by atoms with Crippen LogP contribution in [0.2, 0.25) is 0 Å². The Morgan fingerprint density at radius 2 is 1.33 bits per heavy atom. The lowest BCUT2D eigenvalue weighted by Gasteiger charge is -2.59. The van der Waals surface area contributed by atoms with Gasteiger partial charge in [-0.2, -0.15) is 0 Å². The molecule has 2 nitrogen and oxygen atoms in total. The van der Waals surface area contributed by atoms with Crippen LogP contribution < -0.4 is 0 Å². The molecule has 0 aromatic rings. The molecule has 15 heavy (non-hydrogen) atoms. The van der Waals surface area contributed by atoms with Crippen LogP contribution in [0.4, 0.5) is 0 Å². The molecule has 2 fully saturated rings. The van der Waals surface area contributed by atoms with E-state index in [1.807, 2.05) is 0 Å². The summed E-state index contributed by atoms with van der Waals surface area (Å²) in [7, 11) is 0. The summed E-state index contributed by atoms with van der Waals surface area (Å²) >= 11 is 0. The highest BCUT2D eigenvalue weighted by Crippen LogP contribution is 2.41. The number of likely N-dealkylation sites (tertiary alicyclic amines) is 2. The van der Waals surface area contributed by atoms with Crippen molar-refractivity contribution in [2.24, 2.45) is 0 Å². The van der Waals surface area contributed by atoms with Crippen LogP contribution in [-0.4, -0.2) is 47.1 Å². The molecule has 0 radical (unpaired) electrons. The van der Waals surface area contributed by atoms with E-state index < -0.39 is 0 Å². The van der Waals surface area contributed by atoms with Crippen molar-refractivity contribution in [2.75, 3.05) is 19.6 Å². The highest BCUT2D eigenvalue weighted by Gasteiger charge is 2.47. The number of nitrogens with zero attached hydrogens (tertiary/aromatic N) is 2. The number of hydrogen-bond donors (Lipinski definition) is 0. The molecule has 2 saturated heterocycles. The molecule has 2 aliphatic rings. The lowest BCUT2D eigenvalue weighted by molar-refractivity contribution is -0.0816.